The van der Waals surface area contributed by atoms with Gasteiger partial charge in [-0.15, -0.1) is 0 Å². The van der Waals surface area contributed by atoms with Crippen molar-refractivity contribution in [3.05, 3.63) is 64.4 Å². The van der Waals surface area contributed by atoms with Crippen LogP contribution in [0.4, 0.5) is 4.39 Å². The fraction of sp³-hybridized carbons (Fsp3) is 0.143. The molecule has 0 fully saturated rings. The Morgan fingerprint density at radius 3 is 2.40 bits per heavy atom. The standard InChI is InChI=1S/C14H13BrFNO2S/c1-17(10-11-7-8-12(16)9-14(11)15)20(18,19)13-5-3-2-4-6-13/h2-9H,10H2,1H3. The molecule has 0 bridgehead atoms. The predicted octanol–water partition coefficient (Wildman–Crippen LogP) is 3.41. The highest BCUT2D eigenvalue weighted by atomic mass is 79.9. The molecule has 0 N–H and O–H groups in total. The Morgan fingerprint density at radius 2 is 1.80 bits per heavy atom. The summed E-state index contributed by atoms with van der Waals surface area (Å²) >= 11 is 3.24. The van der Waals surface area contributed by atoms with Crippen LogP contribution >= 0.6 is 15.9 Å². The molecule has 0 atom stereocenters. The van der Waals surface area contributed by atoms with Crippen LogP contribution in [-0.4, -0.2) is 19.8 Å². The van der Waals surface area contributed by atoms with Crippen LogP contribution in [0.25, 0.3) is 0 Å². The molecule has 0 radical (unpaired) electrons. The van der Waals surface area contributed by atoms with Gasteiger partial charge in [0.15, 0.2) is 0 Å². The summed E-state index contributed by atoms with van der Waals surface area (Å²) in [5, 5.41) is 0. The van der Waals surface area contributed by atoms with E-state index in [9.17, 15) is 12.8 Å². The second-order valence-corrected chi connectivity index (χ2v) is 7.21. The monoisotopic (exact) mass is 357 g/mol. The Bertz CT molecular complexity index is 704. The fourth-order valence-corrected chi connectivity index (χ4v) is 3.39. The molecule has 0 amide bonds. The molecular weight excluding hydrogens is 345 g/mol. The molecule has 2 aromatic rings. The second-order valence-electron chi connectivity index (χ2n) is 4.31. The summed E-state index contributed by atoms with van der Waals surface area (Å²) in [6.45, 7) is 0.165. The van der Waals surface area contributed by atoms with Crippen molar-refractivity contribution in [1.82, 2.24) is 4.31 Å². The van der Waals surface area contributed by atoms with Crippen molar-refractivity contribution in [2.24, 2.45) is 0 Å². The third-order valence-corrected chi connectivity index (χ3v) is 5.42. The van der Waals surface area contributed by atoms with Crippen molar-refractivity contribution in [1.29, 1.82) is 0 Å². The molecule has 20 heavy (non-hydrogen) atoms. The summed E-state index contributed by atoms with van der Waals surface area (Å²) in [4.78, 5) is 0.237. The van der Waals surface area contributed by atoms with Gasteiger partial charge in [-0.2, -0.15) is 4.31 Å². The molecule has 0 aromatic heterocycles. The van der Waals surface area contributed by atoms with Crippen molar-refractivity contribution in [2.75, 3.05) is 7.05 Å². The number of hydrogen-bond acceptors (Lipinski definition) is 2. The van der Waals surface area contributed by atoms with Gasteiger partial charge in [0, 0.05) is 18.1 Å². The number of halogens is 2. The van der Waals surface area contributed by atoms with Crippen LogP contribution in [0.5, 0.6) is 0 Å². The van der Waals surface area contributed by atoms with E-state index in [0.717, 1.165) is 0 Å². The van der Waals surface area contributed by atoms with E-state index >= 15 is 0 Å². The van der Waals surface area contributed by atoms with Crippen LogP contribution in [0.2, 0.25) is 0 Å². The molecule has 0 saturated heterocycles. The summed E-state index contributed by atoms with van der Waals surface area (Å²) in [7, 11) is -2.05. The first-order chi connectivity index (χ1) is 9.41. The number of rotatable bonds is 4. The Labute approximate surface area is 126 Å². The second kappa shape index (κ2) is 6.03. The average molecular weight is 358 g/mol. The van der Waals surface area contributed by atoms with E-state index < -0.39 is 10.0 Å². The van der Waals surface area contributed by atoms with Gasteiger partial charge < -0.3 is 0 Å². The van der Waals surface area contributed by atoms with Crippen molar-refractivity contribution in [3.63, 3.8) is 0 Å². The average Bonchev–Trinajstić information content (AvgIpc) is 2.42. The van der Waals surface area contributed by atoms with Gasteiger partial charge >= 0.3 is 0 Å². The van der Waals surface area contributed by atoms with Gasteiger partial charge in [0.05, 0.1) is 4.90 Å². The Balaban J connectivity index is 2.26. The molecule has 6 heteroatoms. The first-order valence-corrected chi connectivity index (χ1v) is 8.10. The lowest BCUT2D eigenvalue weighted by Crippen LogP contribution is -2.26. The maximum Gasteiger partial charge on any atom is 0.243 e. The van der Waals surface area contributed by atoms with Crippen molar-refractivity contribution >= 4 is 26.0 Å². The predicted molar refractivity (Wildman–Crippen MR) is 79.2 cm³/mol. The Hall–Kier alpha value is -1.24. The molecule has 0 spiro atoms. The van der Waals surface area contributed by atoms with E-state index in [2.05, 4.69) is 15.9 Å². The van der Waals surface area contributed by atoms with Crippen LogP contribution in [-0.2, 0) is 16.6 Å². The van der Waals surface area contributed by atoms with Crippen LogP contribution in [0, 0.1) is 5.82 Å². The van der Waals surface area contributed by atoms with Gasteiger partial charge in [-0.25, -0.2) is 12.8 Å². The first kappa shape index (κ1) is 15.2. The van der Waals surface area contributed by atoms with E-state index in [1.54, 1.807) is 36.4 Å². The minimum Gasteiger partial charge on any atom is -0.207 e. The van der Waals surface area contributed by atoms with Gasteiger partial charge in [0.25, 0.3) is 0 Å². The van der Waals surface area contributed by atoms with Gasteiger partial charge in [-0.05, 0) is 29.8 Å². The molecule has 2 rings (SSSR count). The summed E-state index contributed by atoms with van der Waals surface area (Å²) in [5.41, 5.74) is 0.702. The molecule has 0 aliphatic carbocycles. The topological polar surface area (TPSA) is 37.4 Å². The molecule has 2 aromatic carbocycles. The normalized spacial score (nSPS) is 11.8. The molecule has 0 aliphatic heterocycles. The van der Waals surface area contributed by atoms with Crippen molar-refractivity contribution in [3.8, 4) is 0 Å². The van der Waals surface area contributed by atoms with Gasteiger partial charge in [-0.1, -0.05) is 40.2 Å². The van der Waals surface area contributed by atoms with Gasteiger partial charge in [0.1, 0.15) is 5.82 Å². The quantitative estimate of drug-likeness (QED) is 0.840. The lowest BCUT2D eigenvalue weighted by atomic mass is 10.2. The van der Waals surface area contributed by atoms with Crippen LogP contribution in [0.1, 0.15) is 5.56 Å². The smallest absolute Gasteiger partial charge is 0.207 e. The molecule has 106 valence electrons. The minimum absolute atomic E-state index is 0.165. The van der Waals surface area contributed by atoms with E-state index in [4.69, 9.17) is 0 Å². The van der Waals surface area contributed by atoms with Crippen LogP contribution in [0.15, 0.2) is 57.9 Å². The third-order valence-electron chi connectivity index (χ3n) is 2.86. The number of sulfonamides is 1. The molecule has 0 unspecified atom stereocenters. The maximum atomic E-state index is 13.0. The highest BCUT2D eigenvalue weighted by molar-refractivity contribution is 9.10. The van der Waals surface area contributed by atoms with Crippen LogP contribution < -0.4 is 0 Å². The Morgan fingerprint density at radius 1 is 1.15 bits per heavy atom. The van der Waals surface area contributed by atoms with Crippen molar-refractivity contribution in [2.45, 2.75) is 11.4 Å². The number of nitrogens with zero attached hydrogens (tertiary/aromatic N) is 1. The highest BCUT2D eigenvalue weighted by Gasteiger charge is 2.21. The summed E-state index contributed by atoms with van der Waals surface area (Å²) in [6, 6.07) is 12.4. The first-order valence-electron chi connectivity index (χ1n) is 5.86. The van der Waals surface area contributed by atoms with E-state index in [-0.39, 0.29) is 17.3 Å². The highest BCUT2D eigenvalue weighted by Crippen LogP contribution is 2.22. The SMILES string of the molecule is CN(Cc1ccc(F)cc1Br)S(=O)(=O)c1ccccc1. The number of benzene rings is 2. The van der Waals surface area contributed by atoms with E-state index in [1.807, 2.05) is 0 Å². The fourth-order valence-electron chi connectivity index (χ4n) is 1.75. The minimum atomic E-state index is -3.55. The molecule has 0 heterocycles. The molecule has 3 nitrogen and oxygen atoms in total. The van der Waals surface area contributed by atoms with Gasteiger partial charge in [0.2, 0.25) is 10.0 Å². The van der Waals surface area contributed by atoms with E-state index in [0.29, 0.717) is 10.0 Å². The third kappa shape index (κ3) is 3.26. The van der Waals surface area contributed by atoms with Crippen LogP contribution in [0.3, 0.4) is 0 Å². The summed E-state index contributed by atoms with van der Waals surface area (Å²) < 4.78 is 39.5. The van der Waals surface area contributed by atoms with Crippen molar-refractivity contribution < 1.29 is 12.8 Å². The Kier molecular flexibility index (Phi) is 4.57. The van der Waals surface area contributed by atoms with E-state index in [1.165, 1.54) is 23.5 Å². The lowest BCUT2D eigenvalue weighted by Gasteiger charge is -2.18. The zero-order valence-electron chi connectivity index (χ0n) is 10.8. The lowest BCUT2D eigenvalue weighted by molar-refractivity contribution is 0.465. The molecular formula is C14H13BrFNO2S. The zero-order chi connectivity index (χ0) is 14.8. The molecule has 0 aliphatic rings. The van der Waals surface area contributed by atoms with Gasteiger partial charge in [-0.3, -0.25) is 0 Å². The zero-order valence-corrected chi connectivity index (χ0v) is 13.2. The summed E-state index contributed by atoms with van der Waals surface area (Å²) in [6.07, 6.45) is 0. The number of hydrogen-bond donors (Lipinski definition) is 0. The molecule has 0 saturated carbocycles. The maximum absolute atomic E-state index is 13.0. The largest absolute Gasteiger partial charge is 0.243 e. The summed E-state index contributed by atoms with van der Waals surface area (Å²) in [5.74, 6) is -0.366.